The first-order chi connectivity index (χ1) is 16.4. The Labute approximate surface area is 199 Å². The van der Waals surface area contributed by atoms with Gasteiger partial charge in [0.05, 0.1) is 29.5 Å². The number of nitrogens with zero attached hydrogens (tertiary/aromatic N) is 1. The van der Waals surface area contributed by atoms with Gasteiger partial charge in [0.2, 0.25) is 15.9 Å². The molecule has 8 nitrogen and oxygen atoms in total. The maximum absolute atomic E-state index is 12.7. The minimum atomic E-state index is -3.81. The normalized spacial score (nSPS) is 13.1. The predicted octanol–water partition coefficient (Wildman–Crippen LogP) is 3.92. The first kappa shape index (κ1) is 23.6. The quantitative estimate of drug-likeness (QED) is 0.506. The number of anilines is 3. The van der Waals surface area contributed by atoms with Crippen LogP contribution in [0.2, 0.25) is 0 Å². The van der Waals surface area contributed by atoms with E-state index in [1.54, 1.807) is 6.07 Å². The monoisotopic (exact) mass is 481 g/mol. The minimum absolute atomic E-state index is 0.0207. The highest BCUT2D eigenvalue weighted by Gasteiger charge is 2.19. The van der Waals surface area contributed by atoms with E-state index in [4.69, 9.17) is 9.47 Å². The number of hydrogen-bond donors (Lipinski definition) is 2. The van der Waals surface area contributed by atoms with Crippen LogP contribution >= 0.6 is 0 Å². The molecular formula is C25H27N3O5S. The van der Waals surface area contributed by atoms with Gasteiger partial charge in [0, 0.05) is 38.2 Å². The van der Waals surface area contributed by atoms with Crippen molar-refractivity contribution in [3.8, 4) is 11.5 Å². The number of amides is 1. The summed E-state index contributed by atoms with van der Waals surface area (Å²) in [7, 11) is -1.89. The fourth-order valence-corrected chi connectivity index (χ4v) is 4.62. The largest absolute Gasteiger partial charge is 0.490 e. The van der Waals surface area contributed by atoms with Gasteiger partial charge in [-0.1, -0.05) is 30.3 Å². The van der Waals surface area contributed by atoms with Crippen molar-refractivity contribution in [1.29, 1.82) is 0 Å². The number of para-hydroxylation sites is 3. The fraction of sp³-hybridized carbons (Fsp3) is 0.240. The van der Waals surface area contributed by atoms with Gasteiger partial charge in [-0.05, 0) is 36.4 Å². The lowest BCUT2D eigenvalue weighted by atomic mass is 10.2. The molecule has 0 atom stereocenters. The molecule has 0 fully saturated rings. The molecule has 178 valence electrons. The van der Waals surface area contributed by atoms with Crippen LogP contribution in [0.1, 0.15) is 12.8 Å². The second kappa shape index (κ2) is 10.6. The van der Waals surface area contributed by atoms with Gasteiger partial charge in [-0.25, -0.2) is 13.1 Å². The lowest BCUT2D eigenvalue weighted by Gasteiger charge is -2.22. The molecule has 4 rings (SSSR count). The van der Waals surface area contributed by atoms with E-state index >= 15 is 0 Å². The van der Waals surface area contributed by atoms with Crippen LogP contribution in [0.5, 0.6) is 11.5 Å². The Morgan fingerprint density at radius 2 is 1.65 bits per heavy atom. The first-order valence-electron chi connectivity index (χ1n) is 11.0. The average molecular weight is 482 g/mol. The molecule has 34 heavy (non-hydrogen) atoms. The molecule has 0 saturated carbocycles. The zero-order valence-electron chi connectivity index (χ0n) is 18.9. The first-order valence-corrected chi connectivity index (χ1v) is 12.5. The average Bonchev–Trinajstić information content (AvgIpc) is 3.09. The van der Waals surface area contributed by atoms with Crippen LogP contribution in [-0.4, -0.2) is 41.1 Å². The van der Waals surface area contributed by atoms with Gasteiger partial charge in [-0.2, -0.15) is 0 Å². The number of rotatable bonds is 8. The van der Waals surface area contributed by atoms with E-state index in [1.165, 1.54) is 12.1 Å². The standard InChI is InChI=1S/C25H27N3O5S/c1-28(19-8-3-2-4-9-19)22-11-6-5-10-21(22)27-25(29)14-15-26-34(30,31)20-12-13-23-24(18-20)33-17-7-16-32-23/h2-6,8-13,18,26H,7,14-17H2,1H3,(H,27,29). The topological polar surface area (TPSA) is 97.0 Å². The van der Waals surface area contributed by atoms with Crippen LogP contribution in [0.15, 0.2) is 77.7 Å². The van der Waals surface area contributed by atoms with Crippen molar-refractivity contribution in [2.24, 2.45) is 0 Å². The van der Waals surface area contributed by atoms with Crippen molar-refractivity contribution < 1.29 is 22.7 Å². The smallest absolute Gasteiger partial charge is 0.240 e. The maximum atomic E-state index is 12.7. The number of fused-ring (bicyclic) bond motifs is 1. The number of sulfonamides is 1. The number of benzene rings is 3. The van der Waals surface area contributed by atoms with Gasteiger partial charge >= 0.3 is 0 Å². The van der Waals surface area contributed by atoms with E-state index in [2.05, 4.69) is 10.0 Å². The zero-order chi connectivity index (χ0) is 24.0. The van der Waals surface area contributed by atoms with Crippen LogP contribution in [0, 0.1) is 0 Å². The molecular weight excluding hydrogens is 454 g/mol. The van der Waals surface area contributed by atoms with Crippen molar-refractivity contribution >= 4 is 33.0 Å². The molecule has 0 radical (unpaired) electrons. The van der Waals surface area contributed by atoms with Crippen LogP contribution in [0.25, 0.3) is 0 Å². The van der Waals surface area contributed by atoms with Crippen molar-refractivity contribution in [3.05, 3.63) is 72.8 Å². The molecule has 0 saturated heterocycles. The lowest BCUT2D eigenvalue weighted by molar-refractivity contribution is -0.116. The molecule has 2 N–H and O–H groups in total. The molecule has 0 aliphatic carbocycles. The second-order valence-corrected chi connectivity index (χ2v) is 9.53. The molecule has 1 aliphatic rings. The molecule has 1 amide bonds. The van der Waals surface area contributed by atoms with Gasteiger partial charge in [0.15, 0.2) is 11.5 Å². The molecule has 3 aromatic carbocycles. The SMILES string of the molecule is CN(c1ccccc1)c1ccccc1NC(=O)CCNS(=O)(=O)c1ccc2c(c1)OCCCO2. The molecule has 0 bridgehead atoms. The molecule has 0 aromatic heterocycles. The van der Waals surface area contributed by atoms with Gasteiger partial charge in [-0.3, -0.25) is 4.79 Å². The Morgan fingerprint density at radius 1 is 0.941 bits per heavy atom. The van der Waals surface area contributed by atoms with E-state index in [1.807, 2.05) is 66.5 Å². The highest BCUT2D eigenvalue weighted by molar-refractivity contribution is 7.89. The summed E-state index contributed by atoms with van der Waals surface area (Å²) < 4.78 is 39.0. The van der Waals surface area contributed by atoms with Crippen LogP contribution in [0.3, 0.4) is 0 Å². The summed E-state index contributed by atoms with van der Waals surface area (Å²) in [5, 5.41) is 2.88. The summed E-state index contributed by atoms with van der Waals surface area (Å²) in [6.45, 7) is 0.945. The van der Waals surface area contributed by atoms with Crippen molar-refractivity contribution in [2.45, 2.75) is 17.7 Å². The van der Waals surface area contributed by atoms with E-state index in [9.17, 15) is 13.2 Å². The molecule has 1 heterocycles. The summed E-state index contributed by atoms with van der Waals surface area (Å²) in [5.41, 5.74) is 2.45. The summed E-state index contributed by atoms with van der Waals surface area (Å²) in [4.78, 5) is 14.6. The molecule has 3 aromatic rings. The van der Waals surface area contributed by atoms with E-state index in [-0.39, 0.29) is 23.8 Å². The Kier molecular flexibility index (Phi) is 7.34. The van der Waals surface area contributed by atoms with Gasteiger partial charge < -0.3 is 19.7 Å². The number of nitrogens with one attached hydrogen (secondary N) is 2. The summed E-state index contributed by atoms with van der Waals surface area (Å²) >= 11 is 0. The molecule has 0 spiro atoms. The second-order valence-electron chi connectivity index (χ2n) is 7.77. The number of hydrogen-bond acceptors (Lipinski definition) is 6. The van der Waals surface area contributed by atoms with Crippen LogP contribution in [0.4, 0.5) is 17.1 Å². The number of carbonyl (C=O) groups excluding carboxylic acids is 1. The minimum Gasteiger partial charge on any atom is -0.490 e. The Balaban J connectivity index is 1.37. The molecule has 0 unspecified atom stereocenters. The van der Waals surface area contributed by atoms with Gasteiger partial charge in [0.25, 0.3) is 0 Å². The molecule has 1 aliphatic heterocycles. The summed E-state index contributed by atoms with van der Waals surface area (Å²) in [6, 6.07) is 21.7. The van der Waals surface area contributed by atoms with E-state index in [0.29, 0.717) is 30.4 Å². The van der Waals surface area contributed by atoms with Crippen LogP contribution in [-0.2, 0) is 14.8 Å². The highest BCUT2D eigenvalue weighted by atomic mass is 32.2. The van der Waals surface area contributed by atoms with Gasteiger partial charge in [0.1, 0.15) is 0 Å². The third-order valence-corrected chi connectivity index (χ3v) is 6.82. The van der Waals surface area contributed by atoms with Crippen molar-refractivity contribution in [2.75, 3.05) is 37.0 Å². The number of carbonyl (C=O) groups is 1. The van der Waals surface area contributed by atoms with E-state index in [0.717, 1.165) is 17.8 Å². The van der Waals surface area contributed by atoms with Gasteiger partial charge in [-0.15, -0.1) is 0 Å². The van der Waals surface area contributed by atoms with E-state index < -0.39 is 10.0 Å². The van der Waals surface area contributed by atoms with Crippen molar-refractivity contribution in [3.63, 3.8) is 0 Å². The number of ether oxygens (including phenoxy) is 2. The zero-order valence-corrected chi connectivity index (χ0v) is 19.7. The third kappa shape index (κ3) is 5.67. The third-order valence-electron chi connectivity index (χ3n) is 5.36. The Hall–Kier alpha value is -3.56. The lowest BCUT2D eigenvalue weighted by Crippen LogP contribution is -2.28. The highest BCUT2D eigenvalue weighted by Crippen LogP contribution is 2.32. The van der Waals surface area contributed by atoms with Crippen molar-refractivity contribution in [1.82, 2.24) is 4.72 Å². The van der Waals surface area contributed by atoms with Crippen LogP contribution < -0.4 is 24.4 Å². The Morgan fingerprint density at radius 3 is 2.44 bits per heavy atom. The summed E-state index contributed by atoms with van der Waals surface area (Å²) in [5.74, 6) is 0.627. The Bertz CT molecular complexity index is 1250. The summed E-state index contributed by atoms with van der Waals surface area (Å²) in [6.07, 6.45) is 0.710. The predicted molar refractivity (Wildman–Crippen MR) is 131 cm³/mol. The molecule has 9 heteroatoms. The maximum Gasteiger partial charge on any atom is 0.240 e. The fourth-order valence-electron chi connectivity index (χ4n) is 3.57.